The van der Waals surface area contributed by atoms with E-state index in [1.54, 1.807) is 6.20 Å². The lowest BCUT2D eigenvalue weighted by Gasteiger charge is -2.19. The zero-order chi connectivity index (χ0) is 17.2. The summed E-state index contributed by atoms with van der Waals surface area (Å²) in [7, 11) is 0. The van der Waals surface area contributed by atoms with Gasteiger partial charge >= 0.3 is 6.03 Å². The standard InChI is InChI=1S/C19H17ClN4O/c20-17-3-1-2-14(10-17)13-23-8-9-24(19(23)25)18-6-4-15(5-7-18)16-11-21-22-12-16/h1-7,10-12H,8-9,13H2,(H,21,22). The van der Waals surface area contributed by atoms with Gasteiger partial charge in [0.2, 0.25) is 0 Å². The quantitative estimate of drug-likeness (QED) is 0.766. The number of urea groups is 1. The van der Waals surface area contributed by atoms with E-state index in [1.807, 2.05) is 64.5 Å². The highest BCUT2D eigenvalue weighted by atomic mass is 35.5. The number of hydrogen-bond acceptors (Lipinski definition) is 2. The molecule has 3 aromatic rings. The van der Waals surface area contributed by atoms with Gasteiger partial charge in [0.05, 0.1) is 6.20 Å². The Hall–Kier alpha value is -2.79. The first-order valence-electron chi connectivity index (χ1n) is 8.11. The van der Waals surface area contributed by atoms with Gasteiger partial charge in [-0.2, -0.15) is 5.10 Å². The molecular formula is C19H17ClN4O. The van der Waals surface area contributed by atoms with Crippen molar-refractivity contribution < 1.29 is 4.79 Å². The molecule has 0 spiro atoms. The highest BCUT2D eigenvalue weighted by molar-refractivity contribution is 6.30. The van der Waals surface area contributed by atoms with Crippen molar-refractivity contribution in [2.75, 3.05) is 18.0 Å². The average Bonchev–Trinajstić information content (AvgIpc) is 3.27. The number of halogens is 1. The van der Waals surface area contributed by atoms with E-state index in [4.69, 9.17) is 11.6 Å². The van der Waals surface area contributed by atoms with E-state index in [0.717, 1.165) is 22.4 Å². The Bertz CT molecular complexity index is 877. The number of nitrogens with zero attached hydrogens (tertiary/aromatic N) is 3. The molecular weight excluding hydrogens is 336 g/mol. The van der Waals surface area contributed by atoms with E-state index in [-0.39, 0.29) is 6.03 Å². The summed E-state index contributed by atoms with van der Waals surface area (Å²) in [5.41, 5.74) is 4.05. The number of nitrogens with one attached hydrogen (secondary N) is 1. The minimum absolute atomic E-state index is 0.0241. The van der Waals surface area contributed by atoms with Gasteiger partial charge in [0.1, 0.15) is 0 Å². The molecule has 2 amide bonds. The third kappa shape index (κ3) is 3.23. The maximum absolute atomic E-state index is 12.7. The Morgan fingerprint density at radius 1 is 1.08 bits per heavy atom. The predicted molar refractivity (Wildman–Crippen MR) is 98.6 cm³/mol. The maximum atomic E-state index is 12.7. The smallest absolute Gasteiger partial charge is 0.318 e. The highest BCUT2D eigenvalue weighted by Crippen LogP contribution is 2.26. The molecule has 0 unspecified atom stereocenters. The number of hydrogen-bond donors (Lipinski definition) is 1. The summed E-state index contributed by atoms with van der Waals surface area (Å²) < 4.78 is 0. The van der Waals surface area contributed by atoms with E-state index < -0.39 is 0 Å². The third-order valence-electron chi connectivity index (χ3n) is 4.37. The zero-order valence-corrected chi connectivity index (χ0v) is 14.3. The molecule has 1 aromatic heterocycles. The second-order valence-corrected chi connectivity index (χ2v) is 6.46. The van der Waals surface area contributed by atoms with Crippen LogP contribution in [0.15, 0.2) is 60.9 Å². The van der Waals surface area contributed by atoms with Gasteiger partial charge in [0, 0.05) is 42.1 Å². The van der Waals surface area contributed by atoms with Crippen LogP contribution in [-0.4, -0.2) is 34.2 Å². The first-order chi connectivity index (χ1) is 12.2. The molecule has 0 radical (unpaired) electrons. The number of rotatable bonds is 4. The van der Waals surface area contributed by atoms with Crippen LogP contribution in [0.3, 0.4) is 0 Å². The Kier molecular flexibility index (Phi) is 4.15. The molecule has 0 atom stereocenters. The normalized spacial score (nSPS) is 14.4. The first-order valence-corrected chi connectivity index (χ1v) is 8.48. The Balaban J connectivity index is 1.48. The summed E-state index contributed by atoms with van der Waals surface area (Å²) in [5, 5.41) is 7.46. The van der Waals surface area contributed by atoms with Crippen molar-refractivity contribution in [2.45, 2.75) is 6.54 Å². The average molecular weight is 353 g/mol. The largest absolute Gasteiger partial charge is 0.324 e. The van der Waals surface area contributed by atoms with Crippen LogP contribution >= 0.6 is 11.6 Å². The molecule has 25 heavy (non-hydrogen) atoms. The molecule has 0 saturated carbocycles. The first kappa shape index (κ1) is 15.7. The summed E-state index contributed by atoms with van der Waals surface area (Å²) in [6.07, 6.45) is 3.63. The lowest BCUT2D eigenvalue weighted by atomic mass is 10.1. The minimum atomic E-state index is 0.0241. The van der Waals surface area contributed by atoms with Gasteiger partial charge in [-0.15, -0.1) is 0 Å². The maximum Gasteiger partial charge on any atom is 0.324 e. The Morgan fingerprint density at radius 3 is 2.64 bits per heavy atom. The number of aromatic nitrogens is 2. The second-order valence-electron chi connectivity index (χ2n) is 6.02. The van der Waals surface area contributed by atoms with Gasteiger partial charge in [-0.25, -0.2) is 4.79 Å². The van der Waals surface area contributed by atoms with E-state index in [1.165, 1.54) is 0 Å². The van der Waals surface area contributed by atoms with Gasteiger partial charge in [-0.3, -0.25) is 10.00 Å². The fraction of sp³-hybridized carbons (Fsp3) is 0.158. The summed E-state index contributed by atoms with van der Waals surface area (Å²) in [6, 6.07) is 15.6. The Morgan fingerprint density at radius 2 is 1.92 bits per heavy atom. The van der Waals surface area contributed by atoms with Crippen LogP contribution in [0.5, 0.6) is 0 Å². The van der Waals surface area contributed by atoms with Crippen molar-refractivity contribution in [2.24, 2.45) is 0 Å². The number of aromatic amines is 1. The summed E-state index contributed by atoms with van der Waals surface area (Å²) in [4.78, 5) is 16.4. The van der Waals surface area contributed by atoms with Gasteiger partial charge < -0.3 is 4.90 Å². The van der Waals surface area contributed by atoms with Crippen molar-refractivity contribution in [3.8, 4) is 11.1 Å². The summed E-state index contributed by atoms with van der Waals surface area (Å²) in [6.45, 7) is 1.96. The SMILES string of the molecule is O=C1N(Cc2cccc(Cl)c2)CCN1c1ccc(-c2cn[nH]c2)cc1. The van der Waals surface area contributed by atoms with E-state index >= 15 is 0 Å². The Labute approximate surface area is 150 Å². The molecule has 0 aliphatic carbocycles. The number of carbonyl (C=O) groups excluding carboxylic acids is 1. The van der Waals surface area contributed by atoms with Gasteiger partial charge in [0.25, 0.3) is 0 Å². The van der Waals surface area contributed by atoms with Crippen LogP contribution in [0.4, 0.5) is 10.5 Å². The molecule has 2 heterocycles. The molecule has 1 aliphatic heterocycles. The minimum Gasteiger partial charge on any atom is -0.318 e. The number of benzene rings is 2. The fourth-order valence-electron chi connectivity index (χ4n) is 3.07. The van der Waals surface area contributed by atoms with Gasteiger partial charge in [-0.1, -0.05) is 35.9 Å². The molecule has 6 heteroatoms. The van der Waals surface area contributed by atoms with E-state index in [2.05, 4.69) is 10.2 Å². The van der Waals surface area contributed by atoms with E-state index in [0.29, 0.717) is 24.7 Å². The fourth-order valence-corrected chi connectivity index (χ4v) is 3.28. The van der Waals surface area contributed by atoms with Crippen molar-refractivity contribution in [3.63, 3.8) is 0 Å². The molecule has 5 nitrogen and oxygen atoms in total. The van der Waals surface area contributed by atoms with Crippen molar-refractivity contribution in [1.82, 2.24) is 15.1 Å². The van der Waals surface area contributed by atoms with E-state index in [9.17, 15) is 4.79 Å². The topological polar surface area (TPSA) is 52.2 Å². The predicted octanol–water partition coefficient (Wildman–Crippen LogP) is 4.17. The lowest BCUT2D eigenvalue weighted by molar-refractivity contribution is 0.219. The van der Waals surface area contributed by atoms with Crippen LogP contribution in [0.25, 0.3) is 11.1 Å². The van der Waals surface area contributed by atoms with Crippen LogP contribution in [-0.2, 0) is 6.54 Å². The highest BCUT2D eigenvalue weighted by Gasteiger charge is 2.29. The molecule has 1 saturated heterocycles. The molecule has 1 N–H and O–H groups in total. The second kappa shape index (κ2) is 6.61. The third-order valence-corrected chi connectivity index (χ3v) is 4.60. The molecule has 1 aliphatic rings. The van der Waals surface area contributed by atoms with Crippen LogP contribution in [0.1, 0.15) is 5.56 Å². The number of anilines is 1. The number of amides is 2. The van der Waals surface area contributed by atoms with Crippen LogP contribution in [0, 0.1) is 0 Å². The molecule has 4 rings (SSSR count). The molecule has 1 fully saturated rings. The number of carbonyl (C=O) groups is 1. The molecule has 126 valence electrons. The summed E-state index contributed by atoms with van der Waals surface area (Å²) in [5.74, 6) is 0. The van der Waals surface area contributed by atoms with Crippen molar-refractivity contribution in [1.29, 1.82) is 0 Å². The monoisotopic (exact) mass is 352 g/mol. The lowest BCUT2D eigenvalue weighted by Crippen LogP contribution is -2.31. The molecule has 2 aromatic carbocycles. The van der Waals surface area contributed by atoms with Crippen LogP contribution in [0.2, 0.25) is 5.02 Å². The van der Waals surface area contributed by atoms with Crippen molar-refractivity contribution >= 4 is 23.3 Å². The zero-order valence-electron chi connectivity index (χ0n) is 13.5. The van der Waals surface area contributed by atoms with Gasteiger partial charge in [0.15, 0.2) is 0 Å². The number of H-pyrrole nitrogens is 1. The van der Waals surface area contributed by atoms with Gasteiger partial charge in [-0.05, 0) is 35.4 Å². The van der Waals surface area contributed by atoms with Crippen molar-refractivity contribution in [3.05, 3.63) is 71.5 Å². The molecule has 0 bridgehead atoms. The summed E-state index contributed by atoms with van der Waals surface area (Å²) >= 11 is 6.03. The van der Waals surface area contributed by atoms with Crippen LogP contribution < -0.4 is 4.90 Å².